The van der Waals surface area contributed by atoms with Gasteiger partial charge >= 0.3 is 5.97 Å². The van der Waals surface area contributed by atoms with Crippen molar-refractivity contribution < 1.29 is 8.98 Å². The largest absolute Gasteiger partial charge is 0.402 e. The van der Waals surface area contributed by atoms with Crippen LogP contribution in [0.25, 0.3) is 0 Å². The van der Waals surface area contributed by atoms with E-state index in [2.05, 4.69) is 0 Å². The first-order valence-electron chi connectivity index (χ1n) is 9.41. The quantitative estimate of drug-likeness (QED) is 0.263. The van der Waals surface area contributed by atoms with Crippen molar-refractivity contribution in [3.8, 4) is 0 Å². The predicted octanol–water partition coefficient (Wildman–Crippen LogP) is 12.1. The van der Waals surface area contributed by atoms with Crippen molar-refractivity contribution in [1.29, 1.82) is 0 Å². The molecule has 34 heavy (non-hydrogen) atoms. The molecule has 2 nitrogen and oxygen atoms in total. The monoisotopic (exact) mass is 656 g/mol. The molecule has 12 heteroatoms. The summed E-state index contributed by atoms with van der Waals surface area (Å²) in [4.78, 5) is 13.7. The van der Waals surface area contributed by atoms with Crippen LogP contribution in [0.3, 0.4) is 0 Å². The standard InChI is InChI=1S/C22H13Cl9O2S/c1-2-3-19(32)33-34(20-13(26)4-10(23)5-14(20)27,21-15(28)6-11(24)7-16(21)29)22-17(30)8-12(25)9-18(22)31/h4-9H,2-3H2,1H3. The first kappa shape index (κ1) is 28.7. The Labute approximate surface area is 243 Å². The van der Waals surface area contributed by atoms with E-state index in [4.69, 9.17) is 109 Å². The van der Waals surface area contributed by atoms with Crippen LogP contribution in [0.1, 0.15) is 19.8 Å². The zero-order chi connectivity index (χ0) is 25.4. The summed E-state index contributed by atoms with van der Waals surface area (Å²) in [6.45, 7) is 1.82. The van der Waals surface area contributed by atoms with Crippen molar-refractivity contribution in [3.05, 3.63) is 81.6 Å². The van der Waals surface area contributed by atoms with Gasteiger partial charge in [-0.3, -0.25) is 4.79 Å². The fourth-order valence-electron chi connectivity index (χ4n) is 3.23. The fraction of sp³-hybridized carbons (Fsp3) is 0.136. The van der Waals surface area contributed by atoms with Gasteiger partial charge in [-0.1, -0.05) is 111 Å². The van der Waals surface area contributed by atoms with Gasteiger partial charge in [0.25, 0.3) is 0 Å². The Balaban J connectivity index is 2.64. The zero-order valence-electron chi connectivity index (χ0n) is 17.0. The maximum absolute atomic E-state index is 13.1. The molecule has 0 fully saturated rings. The fourth-order valence-corrected chi connectivity index (χ4v) is 10.9. The molecule has 0 radical (unpaired) electrons. The Morgan fingerprint density at radius 3 is 1.12 bits per heavy atom. The molecule has 182 valence electrons. The van der Waals surface area contributed by atoms with Crippen molar-refractivity contribution in [2.45, 2.75) is 34.5 Å². The van der Waals surface area contributed by atoms with Crippen molar-refractivity contribution in [2.75, 3.05) is 0 Å². The van der Waals surface area contributed by atoms with Crippen LogP contribution < -0.4 is 0 Å². The number of hydrogen-bond acceptors (Lipinski definition) is 2. The summed E-state index contributed by atoms with van der Waals surface area (Å²) < 4.78 is 6.25. The van der Waals surface area contributed by atoms with Gasteiger partial charge in [-0.05, 0) is 42.8 Å². The highest BCUT2D eigenvalue weighted by Gasteiger charge is 2.45. The Kier molecular flexibility index (Phi) is 9.82. The van der Waals surface area contributed by atoms with Gasteiger partial charge in [-0.15, -0.1) is 0 Å². The number of hydrogen-bond donors (Lipinski definition) is 0. The Morgan fingerprint density at radius 2 is 0.882 bits per heavy atom. The number of rotatable bonds is 6. The SMILES string of the molecule is CCCC(=O)OS(c1c(Cl)cc(Cl)cc1Cl)(c1c(Cl)cc(Cl)cc1Cl)c1c(Cl)cc(Cl)cc1Cl. The van der Waals surface area contributed by atoms with Crippen molar-refractivity contribution in [3.63, 3.8) is 0 Å². The molecular weight excluding hydrogens is 647 g/mol. The molecule has 0 N–H and O–H groups in total. The van der Waals surface area contributed by atoms with Crippen LogP contribution >= 0.6 is 115 Å². The van der Waals surface area contributed by atoms with Gasteiger partial charge in [0.2, 0.25) is 0 Å². The third kappa shape index (κ3) is 5.65. The van der Waals surface area contributed by atoms with Gasteiger partial charge in [0, 0.05) is 31.8 Å². The van der Waals surface area contributed by atoms with Crippen molar-refractivity contribution in [2.24, 2.45) is 0 Å². The molecule has 0 aliphatic heterocycles. The van der Waals surface area contributed by atoms with E-state index in [1.165, 1.54) is 36.4 Å². The van der Waals surface area contributed by atoms with Crippen LogP contribution in [-0.4, -0.2) is 5.97 Å². The van der Waals surface area contributed by atoms with E-state index >= 15 is 0 Å². The van der Waals surface area contributed by atoms with Gasteiger partial charge in [-0.25, -0.2) is 0 Å². The second-order valence-corrected chi connectivity index (χ2v) is 13.1. The van der Waals surface area contributed by atoms with Crippen LogP contribution in [0.4, 0.5) is 0 Å². The van der Waals surface area contributed by atoms with Crippen molar-refractivity contribution in [1.82, 2.24) is 0 Å². The average molecular weight is 660 g/mol. The molecule has 0 unspecified atom stereocenters. The van der Waals surface area contributed by atoms with Crippen LogP contribution in [-0.2, 0) is 8.98 Å². The lowest BCUT2D eigenvalue weighted by Gasteiger charge is -2.42. The van der Waals surface area contributed by atoms with Gasteiger partial charge in [0.15, 0.2) is 0 Å². The van der Waals surface area contributed by atoms with Crippen LogP contribution in [0.5, 0.6) is 0 Å². The summed E-state index contributed by atoms with van der Waals surface area (Å²) >= 11 is 58.7. The van der Waals surface area contributed by atoms with E-state index in [-0.39, 0.29) is 66.3 Å². The molecule has 3 aromatic carbocycles. The molecule has 0 aliphatic carbocycles. The molecular formula is C22H13Cl9O2S. The average Bonchev–Trinajstić information content (AvgIpc) is 2.65. The lowest BCUT2D eigenvalue weighted by atomic mass is 10.3. The summed E-state index contributed by atoms with van der Waals surface area (Å²) in [5, 5.41) is 1.28. The lowest BCUT2D eigenvalue weighted by Crippen LogP contribution is -2.16. The van der Waals surface area contributed by atoms with Crippen LogP contribution in [0, 0.1) is 0 Å². The molecule has 0 aromatic heterocycles. The lowest BCUT2D eigenvalue weighted by molar-refractivity contribution is -0.133. The number of halogens is 9. The summed E-state index contributed by atoms with van der Waals surface area (Å²) in [7, 11) is -3.31. The zero-order valence-corrected chi connectivity index (χ0v) is 24.6. The molecule has 3 rings (SSSR count). The van der Waals surface area contributed by atoms with Crippen molar-refractivity contribution >= 4 is 121 Å². The minimum absolute atomic E-state index is 0.0727. The molecule has 0 heterocycles. The smallest absolute Gasteiger partial charge is 0.317 e. The van der Waals surface area contributed by atoms with Gasteiger partial charge in [0.1, 0.15) is 0 Å². The normalized spacial score (nSPS) is 12.1. The Bertz CT molecular complexity index is 1070. The first-order chi connectivity index (χ1) is 15.9. The molecule has 0 bridgehead atoms. The van der Waals surface area contributed by atoms with Gasteiger partial charge < -0.3 is 4.18 Å². The first-order valence-corrected chi connectivity index (χ1v) is 14.4. The predicted molar refractivity (Wildman–Crippen MR) is 148 cm³/mol. The second kappa shape index (κ2) is 11.6. The number of carbonyl (C=O) groups is 1. The van der Waals surface area contributed by atoms with E-state index in [0.717, 1.165) is 0 Å². The van der Waals surface area contributed by atoms with Gasteiger partial charge in [-0.2, -0.15) is 0 Å². The minimum Gasteiger partial charge on any atom is -0.402 e. The maximum Gasteiger partial charge on any atom is 0.317 e. The van der Waals surface area contributed by atoms with E-state index in [1.807, 2.05) is 6.92 Å². The van der Waals surface area contributed by atoms with E-state index in [9.17, 15) is 4.79 Å². The van der Waals surface area contributed by atoms with E-state index in [0.29, 0.717) is 6.42 Å². The highest BCUT2D eigenvalue weighted by molar-refractivity contribution is 8.30. The third-order valence-electron chi connectivity index (χ3n) is 4.42. The molecule has 0 saturated heterocycles. The minimum atomic E-state index is -3.31. The highest BCUT2D eigenvalue weighted by atomic mass is 35.5. The summed E-state index contributed by atoms with van der Waals surface area (Å²) in [5.41, 5.74) is 0. The van der Waals surface area contributed by atoms with E-state index in [1.54, 1.807) is 0 Å². The van der Waals surface area contributed by atoms with Crippen LogP contribution in [0.2, 0.25) is 45.2 Å². The third-order valence-corrected chi connectivity index (χ3v) is 11.0. The molecule has 0 saturated carbocycles. The molecule has 0 atom stereocenters. The number of carbonyl (C=O) groups excluding carboxylic acids is 1. The van der Waals surface area contributed by atoms with Crippen LogP contribution in [0.15, 0.2) is 51.1 Å². The second-order valence-electron chi connectivity index (χ2n) is 6.86. The number of benzene rings is 3. The topological polar surface area (TPSA) is 26.3 Å². The molecule has 0 amide bonds. The molecule has 0 spiro atoms. The summed E-state index contributed by atoms with van der Waals surface area (Å²) in [6, 6.07) is 8.72. The maximum atomic E-state index is 13.1. The Morgan fingerprint density at radius 1 is 0.618 bits per heavy atom. The van der Waals surface area contributed by atoms with Gasteiger partial charge in [0.05, 0.1) is 44.8 Å². The van der Waals surface area contributed by atoms with E-state index < -0.39 is 16.3 Å². The molecule has 0 aliphatic rings. The Hall–Kier alpha value is 0.0900. The summed E-state index contributed by atoms with van der Waals surface area (Å²) in [5.74, 6) is -0.580. The molecule has 3 aromatic rings. The highest BCUT2D eigenvalue weighted by Crippen LogP contribution is 2.77. The summed E-state index contributed by atoms with van der Waals surface area (Å²) in [6.07, 6.45) is 0.573.